The Balaban J connectivity index is 1.62. The minimum absolute atomic E-state index is 0.113. The molecule has 0 N–H and O–H groups in total. The van der Waals surface area contributed by atoms with Gasteiger partial charge in [0.05, 0.1) is 11.6 Å². The van der Waals surface area contributed by atoms with E-state index >= 15 is 4.39 Å². The van der Waals surface area contributed by atoms with E-state index in [1.807, 2.05) is 19.0 Å². The molecule has 0 spiro atoms. The van der Waals surface area contributed by atoms with Crippen LogP contribution in [0.5, 0.6) is 0 Å². The summed E-state index contributed by atoms with van der Waals surface area (Å²) in [6, 6.07) is 7.55. The Kier molecular flexibility index (Phi) is 7.27. The standard InChI is InChI=1S/C23H22ClF4N5O2/c1-31(2)16-7-8-32(12-16)23(34)33(15-5-6-18(25)17(24)10-15)11-14-4-3-13(9-19(14)26)21-29-30-22(35-21)20(27)28/h3-6,9-10,16,20H,7-8,11-12H2,1-2H3/t16-/m0/s1. The van der Waals surface area contributed by atoms with Crippen molar-refractivity contribution in [2.75, 3.05) is 32.1 Å². The fraction of sp³-hybridized carbons (Fsp3) is 0.348. The number of carbonyl (C=O) groups is 1. The molecule has 1 aromatic heterocycles. The van der Waals surface area contributed by atoms with Gasteiger partial charge in [0.25, 0.3) is 5.89 Å². The second-order valence-corrected chi connectivity index (χ2v) is 8.78. The number of hydrogen-bond donors (Lipinski definition) is 0. The quantitative estimate of drug-likeness (QED) is 0.416. The van der Waals surface area contributed by atoms with Crippen LogP contribution >= 0.6 is 11.6 Å². The van der Waals surface area contributed by atoms with Crippen LogP contribution in [0.1, 0.15) is 24.3 Å². The Bertz CT molecular complexity index is 1220. The Morgan fingerprint density at radius 1 is 1.17 bits per heavy atom. The molecule has 3 aromatic rings. The number of carbonyl (C=O) groups excluding carboxylic acids is 1. The molecule has 2 heterocycles. The highest BCUT2D eigenvalue weighted by atomic mass is 35.5. The molecule has 2 aromatic carbocycles. The number of hydrogen-bond acceptors (Lipinski definition) is 5. The number of aromatic nitrogens is 2. The topological polar surface area (TPSA) is 65.7 Å². The van der Waals surface area contributed by atoms with Crippen LogP contribution in [0.4, 0.5) is 28.0 Å². The van der Waals surface area contributed by atoms with Crippen molar-refractivity contribution in [3.8, 4) is 11.5 Å². The first-order valence-corrected chi connectivity index (χ1v) is 11.1. The molecular weight excluding hydrogens is 490 g/mol. The van der Waals surface area contributed by atoms with Crippen LogP contribution in [0.2, 0.25) is 5.02 Å². The van der Waals surface area contributed by atoms with E-state index in [1.165, 1.54) is 29.2 Å². The summed E-state index contributed by atoms with van der Waals surface area (Å²) in [6.07, 6.45) is -2.16. The number of likely N-dealkylation sites (N-methyl/N-ethyl adjacent to an activating group) is 1. The molecule has 2 amide bonds. The molecule has 1 saturated heterocycles. The largest absolute Gasteiger partial charge is 0.415 e. The van der Waals surface area contributed by atoms with Gasteiger partial charge >= 0.3 is 12.5 Å². The summed E-state index contributed by atoms with van der Waals surface area (Å²) in [5.74, 6) is -2.47. The fourth-order valence-electron chi connectivity index (χ4n) is 3.85. The van der Waals surface area contributed by atoms with Gasteiger partial charge in [0.2, 0.25) is 5.89 Å². The number of urea groups is 1. The minimum atomic E-state index is -2.94. The van der Waals surface area contributed by atoms with Crippen LogP contribution in [0.25, 0.3) is 11.5 Å². The van der Waals surface area contributed by atoms with Gasteiger partial charge in [-0.1, -0.05) is 17.7 Å². The van der Waals surface area contributed by atoms with Gasteiger partial charge in [-0.25, -0.2) is 13.6 Å². The summed E-state index contributed by atoms with van der Waals surface area (Å²) < 4.78 is 59.1. The molecule has 1 aliphatic rings. The van der Waals surface area contributed by atoms with Crippen LogP contribution in [0, 0.1) is 11.6 Å². The molecule has 1 aliphatic heterocycles. The third kappa shape index (κ3) is 5.40. The SMILES string of the molecule is CN(C)[C@H]1CCN(C(=O)N(Cc2ccc(-c3nnc(C(F)F)o3)cc2F)c2ccc(F)c(Cl)c2)C1. The van der Waals surface area contributed by atoms with E-state index in [0.717, 1.165) is 18.6 Å². The molecule has 186 valence electrons. The van der Waals surface area contributed by atoms with Gasteiger partial charge in [-0.2, -0.15) is 8.78 Å². The predicted molar refractivity (Wildman–Crippen MR) is 121 cm³/mol. The van der Waals surface area contributed by atoms with Crippen molar-refractivity contribution in [1.82, 2.24) is 20.0 Å². The van der Waals surface area contributed by atoms with Crippen LogP contribution in [-0.2, 0) is 6.54 Å². The Morgan fingerprint density at radius 3 is 2.54 bits per heavy atom. The minimum Gasteiger partial charge on any atom is -0.415 e. The summed E-state index contributed by atoms with van der Waals surface area (Å²) in [5.41, 5.74) is 0.554. The van der Waals surface area contributed by atoms with Crippen molar-refractivity contribution in [2.24, 2.45) is 0 Å². The van der Waals surface area contributed by atoms with Crippen LogP contribution in [-0.4, -0.2) is 59.3 Å². The highest BCUT2D eigenvalue weighted by Crippen LogP contribution is 2.29. The number of nitrogens with zero attached hydrogens (tertiary/aromatic N) is 5. The van der Waals surface area contributed by atoms with Gasteiger partial charge in [-0.05, 0) is 50.8 Å². The summed E-state index contributed by atoms with van der Waals surface area (Å²) in [4.78, 5) is 18.5. The lowest BCUT2D eigenvalue weighted by Gasteiger charge is -2.29. The summed E-state index contributed by atoms with van der Waals surface area (Å²) in [5, 5.41) is 6.59. The molecule has 12 heteroatoms. The second-order valence-electron chi connectivity index (χ2n) is 8.37. The number of halogens is 5. The smallest absolute Gasteiger partial charge is 0.324 e. The maximum Gasteiger partial charge on any atom is 0.324 e. The van der Waals surface area contributed by atoms with Gasteiger partial charge in [-0.15, -0.1) is 10.2 Å². The average Bonchev–Trinajstić information content (AvgIpc) is 3.50. The fourth-order valence-corrected chi connectivity index (χ4v) is 4.02. The Morgan fingerprint density at radius 2 is 1.94 bits per heavy atom. The van der Waals surface area contributed by atoms with E-state index in [2.05, 4.69) is 10.2 Å². The van der Waals surface area contributed by atoms with E-state index in [0.29, 0.717) is 18.8 Å². The third-order valence-corrected chi connectivity index (χ3v) is 6.16. The van der Waals surface area contributed by atoms with Crippen LogP contribution in [0.3, 0.4) is 0 Å². The van der Waals surface area contributed by atoms with Gasteiger partial charge in [0.15, 0.2) is 0 Å². The van der Waals surface area contributed by atoms with Crippen molar-refractivity contribution < 1.29 is 26.8 Å². The van der Waals surface area contributed by atoms with Crippen molar-refractivity contribution >= 4 is 23.3 Å². The summed E-state index contributed by atoms with van der Waals surface area (Å²) >= 11 is 5.95. The van der Waals surface area contributed by atoms with Crippen molar-refractivity contribution in [3.63, 3.8) is 0 Å². The monoisotopic (exact) mass is 511 g/mol. The highest BCUT2D eigenvalue weighted by Gasteiger charge is 2.31. The van der Waals surface area contributed by atoms with E-state index in [9.17, 15) is 18.0 Å². The van der Waals surface area contributed by atoms with E-state index in [4.69, 9.17) is 16.0 Å². The average molecular weight is 512 g/mol. The molecule has 35 heavy (non-hydrogen) atoms. The maximum absolute atomic E-state index is 15.0. The second kappa shape index (κ2) is 10.2. The van der Waals surface area contributed by atoms with Crippen molar-refractivity contribution in [3.05, 3.63) is 64.5 Å². The molecule has 0 saturated carbocycles. The molecule has 1 fully saturated rings. The first-order valence-electron chi connectivity index (χ1n) is 10.7. The van der Waals surface area contributed by atoms with E-state index < -0.39 is 24.0 Å². The Labute approximate surface area is 203 Å². The normalized spacial score (nSPS) is 15.9. The van der Waals surface area contributed by atoms with Gasteiger partial charge in [-0.3, -0.25) is 4.90 Å². The summed E-state index contributed by atoms with van der Waals surface area (Å²) in [6.45, 7) is 0.822. The van der Waals surface area contributed by atoms with Gasteiger partial charge < -0.3 is 14.2 Å². The van der Waals surface area contributed by atoms with E-state index in [1.54, 1.807) is 4.90 Å². The molecule has 1 atom stereocenters. The third-order valence-electron chi connectivity index (χ3n) is 5.87. The van der Waals surface area contributed by atoms with Gasteiger partial charge in [0, 0.05) is 35.9 Å². The number of benzene rings is 2. The zero-order valence-corrected chi connectivity index (χ0v) is 19.6. The predicted octanol–water partition coefficient (Wildman–Crippen LogP) is 5.37. The number of amides is 2. The molecule has 0 aliphatic carbocycles. The van der Waals surface area contributed by atoms with Gasteiger partial charge in [0.1, 0.15) is 11.6 Å². The number of alkyl halides is 2. The van der Waals surface area contributed by atoms with Crippen LogP contribution < -0.4 is 4.90 Å². The van der Waals surface area contributed by atoms with Crippen molar-refractivity contribution in [1.29, 1.82) is 0 Å². The zero-order valence-electron chi connectivity index (χ0n) is 18.9. The molecule has 4 rings (SSSR count). The molecule has 0 radical (unpaired) electrons. The molecule has 0 bridgehead atoms. The Hall–Kier alpha value is -3.18. The number of likely N-dealkylation sites (tertiary alicyclic amines) is 1. The molecule has 7 nitrogen and oxygen atoms in total. The maximum atomic E-state index is 15.0. The number of anilines is 1. The lowest BCUT2D eigenvalue weighted by molar-refractivity contribution is 0.116. The molecule has 0 unspecified atom stereocenters. The highest BCUT2D eigenvalue weighted by molar-refractivity contribution is 6.31. The number of rotatable bonds is 6. The first kappa shape index (κ1) is 24.9. The van der Waals surface area contributed by atoms with Crippen molar-refractivity contribution in [2.45, 2.75) is 25.4 Å². The first-order chi connectivity index (χ1) is 16.6. The zero-order chi connectivity index (χ0) is 25.3. The summed E-state index contributed by atoms with van der Waals surface area (Å²) in [7, 11) is 3.86. The lowest BCUT2D eigenvalue weighted by Crippen LogP contribution is -2.43. The van der Waals surface area contributed by atoms with E-state index in [-0.39, 0.29) is 40.7 Å². The lowest BCUT2D eigenvalue weighted by atomic mass is 10.1. The van der Waals surface area contributed by atoms with Crippen LogP contribution in [0.15, 0.2) is 40.8 Å². The molecular formula is C23H22ClF4N5O2.